The van der Waals surface area contributed by atoms with E-state index in [1.165, 1.54) is 10.7 Å². The highest BCUT2D eigenvalue weighted by atomic mass is 16.2. The predicted octanol–water partition coefficient (Wildman–Crippen LogP) is 0.554. The summed E-state index contributed by atoms with van der Waals surface area (Å²) in [4.78, 5) is 23.8. The molecule has 0 saturated carbocycles. The van der Waals surface area contributed by atoms with Crippen LogP contribution in [-0.4, -0.2) is 34.8 Å². The van der Waals surface area contributed by atoms with Crippen LogP contribution in [0.5, 0.6) is 0 Å². The van der Waals surface area contributed by atoms with Gasteiger partial charge in [-0.15, -0.1) is 0 Å². The monoisotopic (exact) mass is 310 g/mol. The van der Waals surface area contributed by atoms with Gasteiger partial charge in [-0.1, -0.05) is 42.5 Å². The molecule has 0 saturated heterocycles. The van der Waals surface area contributed by atoms with Crippen LogP contribution in [0.25, 0.3) is 11.3 Å². The molecule has 1 aliphatic heterocycles. The van der Waals surface area contributed by atoms with Gasteiger partial charge >= 0.3 is 0 Å². The zero-order chi connectivity index (χ0) is 16.1. The molecule has 3 rings (SSSR count). The largest absolute Gasteiger partial charge is 0.353 e. The van der Waals surface area contributed by atoms with E-state index in [0.29, 0.717) is 19.6 Å². The molecule has 1 amide bonds. The average molecular weight is 310 g/mol. The van der Waals surface area contributed by atoms with E-state index in [9.17, 15) is 9.59 Å². The van der Waals surface area contributed by atoms with Crippen LogP contribution in [0.3, 0.4) is 0 Å². The van der Waals surface area contributed by atoms with E-state index in [2.05, 4.69) is 15.7 Å². The van der Waals surface area contributed by atoms with Crippen LogP contribution in [-0.2, 0) is 11.3 Å². The molecule has 23 heavy (non-hydrogen) atoms. The molecule has 1 aliphatic rings. The normalized spacial score (nSPS) is 16.4. The van der Waals surface area contributed by atoms with Crippen LogP contribution in [0.15, 0.2) is 59.4 Å². The van der Waals surface area contributed by atoms with Crippen molar-refractivity contribution in [3.8, 4) is 11.3 Å². The lowest BCUT2D eigenvalue weighted by molar-refractivity contribution is -0.121. The molecule has 0 radical (unpaired) electrons. The predicted molar refractivity (Wildman–Crippen MR) is 87.9 cm³/mol. The molecule has 0 fully saturated rings. The molecule has 2 heterocycles. The molecule has 6 heteroatoms. The van der Waals surface area contributed by atoms with Gasteiger partial charge in [-0.25, -0.2) is 4.68 Å². The number of hydrogen-bond acceptors (Lipinski definition) is 4. The van der Waals surface area contributed by atoms with Gasteiger partial charge in [0.15, 0.2) is 0 Å². The fourth-order valence-electron chi connectivity index (χ4n) is 2.41. The van der Waals surface area contributed by atoms with E-state index in [4.69, 9.17) is 0 Å². The van der Waals surface area contributed by atoms with Gasteiger partial charge in [0.2, 0.25) is 5.91 Å². The highest BCUT2D eigenvalue weighted by Gasteiger charge is 2.16. The minimum Gasteiger partial charge on any atom is -0.353 e. The first-order valence-corrected chi connectivity index (χ1v) is 7.55. The highest BCUT2D eigenvalue weighted by molar-refractivity contribution is 5.84. The number of amides is 1. The number of carbonyl (C=O) groups is 1. The number of hydrogen-bond donors (Lipinski definition) is 2. The second-order valence-electron chi connectivity index (χ2n) is 5.25. The summed E-state index contributed by atoms with van der Waals surface area (Å²) in [7, 11) is 0. The molecular formula is C17H18N4O2. The SMILES string of the molecule is O=C(NCCn1nc(-c2ccccc2)ccc1=O)[C@H]1C=CCN1. The number of nitrogens with zero attached hydrogens (tertiary/aromatic N) is 2. The molecule has 6 nitrogen and oxygen atoms in total. The zero-order valence-electron chi connectivity index (χ0n) is 12.6. The number of rotatable bonds is 5. The minimum absolute atomic E-state index is 0.0917. The summed E-state index contributed by atoms with van der Waals surface area (Å²) >= 11 is 0. The molecule has 0 unspecified atom stereocenters. The third kappa shape index (κ3) is 3.73. The molecule has 1 atom stereocenters. The third-order valence-corrected chi connectivity index (χ3v) is 3.63. The van der Waals surface area contributed by atoms with E-state index in [0.717, 1.165) is 11.3 Å². The molecule has 1 aromatic heterocycles. The van der Waals surface area contributed by atoms with E-state index >= 15 is 0 Å². The van der Waals surface area contributed by atoms with Gasteiger partial charge in [-0.3, -0.25) is 14.9 Å². The van der Waals surface area contributed by atoms with Crippen molar-refractivity contribution < 1.29 is 4.79 Å². The Labute approximate surface area is 133 Å². The van der Waals surface area contributed by atoms with Crippen LogP contribution in [0.1, 0.15) is 0 Å². The van der Waals surface area contributed by atoms with E-state index in [-0.39, 0.29) is 17.5 Å². The summed E-state index contributed by atoms with van der Waals surface area (Å²) in [6, 6.07) is 12.6. The van der Waals surface area contributed by atoms with E-state index in [1.807, 2.05) is 42.5 Å². The lowest BCUT2D eigenvalue weighted by Gasteiger charge is -2.11. The van der Waals surface area contributed by atoms with Gasteiger partial charge in [0.25, 0.3) is 5.56 Å². The summed E-state index contributed by atoms with van der Waals surface area (Å²) in [6.45, 7) is 1.40. The maximum atomic E-state index is 11.9. The van der Waals surface area contributed by atoms with Gasteiger partial charge in [0.05, 0.1) is 12.2 Å². The van der Waals surface area contributed by atoms with Crippen molar-refractivity contribution in [1.29, 1.82) is 0 Å². The summed E-state index contributed by atoms with van der Waals surface area (Å²) in [5.74, 6) is -0.0917. The summed E-state index contributed by atoms with van der Waals surface area (Å²) in [5, 5.41) is 10.2. The smallest absolute Gasteiger partial charge is 0.266 e. The molecule has 2 N–H and O–H groups in total. The maximum absolute atomic E-state index is 11.9. The zero-order valence-corrected chi connectivity index (χ0v) is 12.6. The van der Waals surface area contributed by atoms with Gasteiger partial charge in [-0.05, 0) is 6.07 Å². The minimum atomic E-state index is -0.282. The Morgan fingerprint density at radius 1 is 1.26 bits per heavy atom. The van der Waals surface area contributed by atoms with Crippen LogP contribution < -0.4 is 16.2 Å². The first-order chi connectivity index (χ1) is 11.2. The molecule has 0 spiro atoms. The van der Waals surface area contributed by atoms with Crippen molar-refractivity contribution in [3.63, 3.8) is 0 Å². The van der Waals surface area contributed by atoms with Crippen LogP contribution in [0.2, 0.25) is 0 Å². The van der Waals surface area contributed by atoms with Gasteiger partial charge < -0.3 is 5.32 Å². The summed E-state index contributed by atoms with van der Waals surface area (Å²) in [6.07, 6.45) is 3.75. The molecule has 0 aliphatic carbocycles. The second kappa shape index (κ2) is 7.02. The van der Waals surface area contributed by atoms with Crippen LogP contribution in [0.4, 0.5) is 0 Å². The van der Waals surface area contributed by atoms with Crippen molar-refractivity contribution in [2.45, 2.75) is 12.6 Å². The maximum Gasteiger partial charge on any atom is 0.266 e. The van der Waals surface area contributed by atoms with Crippen LogP contribution >= 0.6 is 0 Å². The topological polar surface area (TPSA) is 76.0 Å². The quantitative estimate of drug-likeness (QED) is 0.791. The lowest BCUT2D eigenvalue weighted by atomic mass is 10.1. The summed E-state index contributed by atoms with van der Waals surface area (Å²) < 4.78 is 1.38. The Morgan fingerprint density at radius 3 is 2.83 bits per heavy atom. The second-order valence-corrected chi connectivity index (χ2v) is 5.25. The fourth-order valence-corrected chi connectivity index (χ4v) is 2.41. The van der Waals surface area contributed by atoms with Crippen molar-refractivity contribution in [3.05, 3.63) is 65.0 Å². The Balaban J connectivity index is 1.64. The standard InChI is InChI=1S/C17H18N4O2/c22-16-9-8-14(13-5-2-1-3-6-13)20-21(16)12-11-19-17(23)15-7-4-10-18-15/h1-9,15,18H,10-12H2,(H,19,23)/t15-/m1/s1. The van der Waals surface area contributed by atoms with Crippen molar-refractivity contribution in [2.24, 2.45) is 0 Å². The third-order valence-electron chi connectivity index (χ3n) is 3.63. The van der Waals surface area contributed by atoms with E-state index in [1.54, 1.807) is 6.07 Å². The first-order valence-electron chi connectivity index (χ1n) is 7.55. The van der Waals surface area contributed by atoms with Crippen molar-refractivity contribution in [1.82, 2.24) is 20.4 Å². The highest BCUT2D eigenvalue weighted by Crippen LogP contribution is 2.13. The molecule has 1 aromatic carbocycles. The van der Waals surface area contributed by atoms with Crippen LogP contribution in [0, 0.1) is 0 Å². The van der Waals surface area contributed by atoms with E-state index < -0.39 is 0 Å². The fraction of sp³-hybridized carbons (Fsp3) is 0.235. The number of nitrogens with one attached hydrogen (secondary N) is 2. The Morgan fingerprint density at radius 2 is 2.09 bits per heavy atom. The van der Waals surface area contributed by atoms with Crippen molar-refractivity contribution in [2.75, 3.05) is 13.1 Å². The average Bonchev–Trinajstić information content (AvgIpc) is 3.12. The van der Waals surface area contributed by atoms with Gasteiger partial charge in [0.1, 0.15) is 6.04 Å². The number of benzene rings is 1. The molecular weight excluding hydrogens is 292 g/mol. The first kappa shape index (κ1) is 15.2. The Hall–Kier alpha value is -2.73. The lowest BCUT2D eigenvalue weighted by Crippen LogP contribution is -2.42. The molecule has 118 valence electrons. The molecule has 2 aromatic rings. The van der Waals surface area contributed by atoms with Gasteiger partial charge in [-0.2, -0.15) is 5.10 Å². The van der Waals surface area contributed by atoms with Crippen molar-refractivity contribution >= 4 is 5.91 Å². The Kier molecular flexibility index (Phi) is 4.63. The van der Waals surface area contributed by atoms with Gasteiger partial charge in [0, 0.05) is 24.7 Å². The molecule has 0 bridgehead atoms. The summed E-state index contributed by atoms with van der Waals surface area (Å²) in [5.41, 5.74) is 1.50. The number of aromatic nitrogens is 2. The Bertz CT molecular complexity index is 768. The number of carbonyl (C=O) groups excluding carboxylic acids is 1.